The highest BCUT2D eigenvalue weighted by Gasteiger charge is 2.04. The van der Waals surface area contributed by atoms with Gasteiger partial charge in [-0.15, -0.1) is 0 Å². The van der Waals surface area contributed by atoms with Gasteiger partial charge in [0, 0.05) is 12.8 Å². The molecule has 254 valence electrons. The van der Waals surface area contributed by atoms with Gasteiger partial charge in [0.15, 0.2) is 0 Å². The molecule has 0 saturated heterocycles. The number of hydrogen-bond donors (Lipinski definition) is 0. The molecule has 0 fully saturated rings. The maximum atomic E-state index is 11.4. The van der Waals surface area contributed by atoms with Crippen LogP contribution in [0.25, 0.3) is 0 Å². The van der Waals surface area contributed by atoms with Gasteiger partial charge in [-0.1, -0.05) is 0 Å². The number of carbonyl (C=O) groups excluding carboxylic acids is 2. The normalized spacial score (nSPS) is 11.3. The van der Waals surface area contributed by atoms with Crippen molar-refractivity contribution in [3.63, 3.8) is 0 Å². The molecule has 0 saturated carbocycles. The fraction of sp³-hybridized carbons (Fsp3) is 0.297. The summed E-state index contributed by atoms with van der Waals surface area (Å²) in [5.41, 5.74) is 5.05. The zero-order valence-corrected chi connectivity index (χ0v) is 27.9. The summed E-state index contributed by atoms with van der Waals surface area (Å²) in [5.74, 6) is 0.963. The molecule has 0 aromatic heterocycles. The lowest BCUT2D eigenvalue weighted by Gasteiger charge is -2.06. The van der Waals surface area contributed by atoms with Crippen molar-refractivity contribution in [3.05, 3.63) is 96.6 Å². The van der Waals surface area contributed by atoms with E-state index in [2.05, 4.69) is 30.7 Å². The average molecular weight is 665 g/mol. The lowest BCUT2D eigenvalue weighted by molar-refractivity contribution is -0.144. The van der Waals surface area contributed by atoms with E-state index in [0.717, 1.165) is 11.3 Å². The second kappa shape index (κ2) is 19.8. The number of rotatable bonds is 18. The largest absolute Gasteiger partial charge is 0.494 e. The molecule has 0 atom stereocenters. The van der Waals surface area contributed by atoms with Crippen molar-refractivity contribution in [2.24, 2.45) is 30.7 Å². The maximum Gasteiger partial charge on any atom is 0.305 e. The van der Waals surface area contributed by atoms with Crippen molar-refractivity contribution in [1.29, 1.82) is 0 Å². The molecule has 12 heteroatoms. The van der Waals surface area contributed by atoms with Gasteiger partial charge in [0.05, 0.1) is 60.6 Å². The molecule has 0 aliphatic heterocycles. The zero-order chi connectivity index (χ0) is 34.7. The molecule has 0 bridgehead atoms. The number of aryl methyl sites for hydroxylation is 1. The summed E-state index contributed by atoms with van der Waals surface area (Å²) >= 11 is 0. The molecule has 0 radical (unpaired) electrons. The molecule has 0 unspecified atom stereocenters. The van der Waals surface area contributed by atoms with Crippen molar-refractivity contribution >= 4 is 46.1 Å². The van der Waals surface area contributed by atoms with Crippen LogP contribution in [0.4, 0.5) is 34.1 Å². The average Bonchev–Trinajstić information content (AvgIpc) is 3.11. The molecule has 0 N–H and O–H groups in total. The van der Waals surface area contributed by atoms with Gasteiger partial charge in [-0.25, -0.2) is 0 Å². The monoisotopic (exact) mass is 664 g/mol. The molecule has 0 heterocycles. The molecule has 4 aromatic carbocycles. The Labute approximate surface area is 285 Å². The fourth-order valence-corrected chi connectivity index (χ4v) is 4.24. The predicted octanol–water partition coefficient (Wildman–Crippen LogP) is 10.7. The van der Waals surface area contributed by atoms with Crippen LogP contribution in [0.3, 0.4) is 0 Å². The molecule has 0 spiro atoms. The quantitative estimate of drug-likeness (QED) is 0.0587. The Balaban J connectivity index is 1.22. The van der Waals surface area contributed by atoms with E-state index < -0.39 is 0 Å². The zero-order valence-electron chi connectivity index (χ0n) is 27.9. The Morgan fingerprint density at radius 1 is 0.510 bits per heavy atom. The van der Waals surface area contributed by atoms with Gasteiger partial charge >= 0.3 is 11.9 Å². The van der Waals surface area contributed by atoms with E-state index in [1.165, 1.54) is 0 Å². The van der Waals surface area contributed by atoms with Gasteiger partial charge in [-0.3, -0.25) is 9.59 Å². The molecule has 0 amide bonds. The third-order valence-electron chi connectivity index (χ3n) is 6.74. The third kappa shape index (κ3) is 13.1. The maximum absolute atomic E-state index is 11.4. The SMILES string of the molecule is CCOC(=O)CCCOc1ccc(/N=N/c2ccc(/N=N/c3ccc(/N=N/c4ccc(OCCCC(=O)OCC)cc4)cc3C)cc2)cc1. The van der Waals surface area contributed by atoms with Crippen molar-refractivity contribution in [2.75, 3.05) is 26.4 Å². The first-order valence-electron chi connectivity index (χ1n) is 16.1. The fourth-order valence-electron chi connectivity index (χ4n) is 4.24. The summed E-state index contributed by atoms with van der Waals surface area (Å²) in [6, 6.07) is 27.4. The van der Waals surface area contributed by atoms with E-state index in [9.17, 15) is 9.59 Å². The van der Waals surface area contributed by atoms with Gasteiger partial charge in [0.25, 0.3) is 0 Å². The van der Waals surface area contributed by atoms with E-state index in [-0.39, 0.29) is 11.9 Å². The minimum atomic E-state index is -0.215. The molecule has 49 heavy (non-hydrogen) atoms. The van der Waals surface area contributed by atoms with Crippen molar-refractivity contribution in [3.8, 4) is 11.5 Å². The Morgan fingerprint density at radius 3 is 1.29 bits per heavy atom. The number of nitrogens with zero attached hydrogens (tertiary/aromatic N) is 6. The standard InChI is InChI=1S/C37H40N6O6/c1-4-46-36(44)8-6-24-48-33-19-14-30(15-20-33)39-38-28-10-12-29(13-11-28)41-43-35-23-18-32(26-27(35)3)42-40-31-16-21-34(22-17-31)49-25-7-9-37(45)47-5-2/h10-23,26H,4-9,24-25H2,1-3H3/b39-38+,42-40+,43-41+. The highest BCUT2D eigenvalue weighted by Crippen LogP contribution is 2.29. The highest BCUT2D eigenvalue weighted by atomic mass is 16.5. The third-order valence-corrected chi connectivity index (χ3v) is 6.74. The molecular weight excluding hydrogens is 624 g/mol. The molecule has 0 aliphatic carbocycles. The van der Waals surface area contributed by atoms with E-state index in [1.807, 2.05) is 97.9 Å². The number of esters is 2. The number of carbonyl (C=O) groups is 2. The van der Waals surface area contributed by atoms with E-state index in [1.54, 1.807) is 13.8 Å². The summed E-state index contributed by atoms with van der Waals surface area (Å²) in [6.45, 7) is 7.14. The smallest absolute Gasteiger partial charge is 0.305 e. The Morgan fingerprint density at radius 2 is 0.878 bits per heavy atom. The van der Waals surface area contributed by atoms with Crippen LogP contribution in [0.15, 0.2) is 122 Å². The van der Waals surface area contributed by atoms with Crippen LogP contribution in [-0.2, 0) is 19.1 Å². The van der Waals surface area contributed by atoms with Gasteiger partial charge in [-0.05, 0) is 130 Å². The summed E-state index contributed by atoms with van der Waals surface area (Å²) in [5, 5.41) is 26.0. The molecular formula is C37H40N6O6. The summed E-state index contributed by atoms with van der Waals surface area (Å²) in [6.07, 6.45) is 1.85. The van der Waals surface area contributed by atoms with Crippen molar-refractivity contribution < 1.29 is 28.5 Å². The second-order valence-corrected chi connectivity index (χ2v) is 10.6. The Kier molecular flexibility index (Phi) is 14.6. The minimum absolute atomic E-state index is 0.215. The molecule has 0 aliphatic rings. The van der Waals surface area contributed by atoms with Crippen LogP contribution in [0.1, 0.15) is 45.1 Å². The Hall–Kier alpha value is -5.78. The highest BCUT2D eigenvalue weighted by molar-refractivity contribution is 5.69. The lowest BCUT2D eigenvalue weighted by Crippen LogP contribution is -2.06. The van der Waals surface area contributed by atoms with Gasteiger partial charge in [0.2, 0.25) is 0 Å². The number of azo groups is 3. The number of ether oxygens (including phenoxy) is 4. The van der Waals surface area contributed by atoms with Crippen LogP contribution in [0.2, 0.25) is 0 Å². The second-order valence-electron chi connectivity index (χ2n) is 10.6. The first-order valence-corrected chi connectivity index (χ1v) is 16.1. The van der Waals surface area contributed by atoms with Crippen LogP contribution >= 0.6 is 0 Å². The van der Waals surface area contributed by atoms with Crippen LogP contribution in [0, 0.1) is 6.92 Å². The van der Waals surface area contributed by atoms with Crippen molar-refractivity contribution in [1.82, 2.24) is 0 Å². The first-order chi connectivity index (χ1) is 23.9. The number of benzene rings is 4. The van der Waals surface area contributed by atoms with Gasteiger partial charge < -0.3 is 18.9 Å². The van der Waals surface area contributed by atoms with E-state index in [0.29, 0.717) is 92.0 Å². The summed E-state index contributed by atoms with van der Waals surface area (Å²) in [7, 11) is 0. The predicted molar refractivity (Wildman–Crippen MR) is 186 cm³/mol. The van der Waals surface area contributed by atoms with Gasteiger partial charge in [-0.2, -0.15) is 30.7 Å². The van der Waals surface area contributed by atoms with E-state index in [4.69, 9.17) is 18.9 Å². The van der Waals surface area contributed by atoms with Gasteiger partial charge in [0.1, 0.15) is 11.5 Å². The molecule has 12 nitrogen and oxygen atoms in total. The first kappa shape index (κ1) is 36.1. The lowest BCUT2D eigenvalue weighted by atomic mass is 10.2. The topological polar surface area (TPSA) is 145 Å². The molecule has 4 aromatic rings. The van der Waals surface area contributed by atoms with Crippen LogP contribution in [-0.4, -0.2) is 38.4 Å². The van der Waals surface area contributed by atoms with Crippen LogP contribution in [0.5, 0.6) is 11.5 Å². The minimum Gasteiger partial charge on any atom is -0.494 e. The van der Waals surface area contributed by atoms with Crippen molar-refractivity contribution in [2.45, 2.75) is 46.5 Å². The summed E-state index contributed by atoms with van der Waals surface area (Å²) < 4.78 is 21.2. The molecule has 4 rings (SSSR count). The van der Waals surface area contributed by atoms with Crippen LogP contribution < -0.4 is 9.47 Å². The summed E-state index contributed by atoms with van der Waals surface area (Å²) in [4.78, 5) is 22.8. The Bertz CT molecular complexity index is 1720. The van der Waals surface area contributed by atoms with E-state index >= 15 is 0 Å². The number of hydrogen-bond acceptors (Lipinski definition) is 12.